The van der Waals surface area contributed by atoms with Gasteiger partial charge in [-0.2, -0.15) is 0 Å². The van der Waals surface area contributed by atoms with Crippen molar-refractivity contribution in [2.45, 2.75) is 20.8 Å². The van der Waals surface area contributed by atoms with E-state index in [9.17, 15) is 19.2 Å². The number of carbonyl (C=O) groups excluding carboxylic acids is 3. The Kier molecular flexibility index (Phi) is 6.11. The second-order valence-corrected chi connectivity index (χ2v) is 6.20. The minimum Gasteiger partial charge on any atom is -0.450 e. The van der Waals surface area contributed by atoms with Gasteiger partial charge in [-0.15, -0.1) is 0 Å². The third-order valence-electron chi connectivity index (χ3n) is 3.34. The zero-order valence-corrected chi connectivity index (χ0v) is 14.8. The van der Waals surface area contributed by atoms with E-state index < -0.39 is 24.5 Å². The first-order chi connectivity index (χ1) is 12.3. The van der Waals surface area contributed by atoms with Crippen LogP contribution in [0.4, 0.5) is 4.79 Å². The van der Waals surface area contributed by atoms with Gasteiger partial charge in [0, 0.05) is 12.6 Å². The Balaban J connectivity index is 1.96. The molecule has 0 atom stereocenters. The average Bonchev–Trinajstić information content (AvgIpc) is 2.58. The lowest BCUT2D eigenvalue weighted by Gasteiger charge is -2.09. The molecule has 0 aliphatic carbocycles. The quantitative estimate of drug-likeness (QED) is 0.785. The van der Waals surface area contributed by atoms with Gasteiger partial charge in [-0.1, -0.05) is 25.5 Å². The highest BCUT2D eigenvalue weighted by Gasteiger charge is 2.16. The van der Waals surface area contributed by atoms with E-state index in [0.29, 0.717) is 11.9 Å². The summed E-state index contributed by atoms with van der Waals surface area (Å²) >= 11 is 0. The lowest BCUT2D eigenvalue weighted by Crippen LogP contribution is -2.42. The fourth-order valence-corrected chi connectivity index (χ4v) is 2.08. The van der Waals surface area contributed by atoms with Crippen LogP contribution in [-0.4, -0.2) is 31.1 Å². The van der Waals surface area contributed by atoms with Crippen LogP contribution in [0.2, 0.25) is 0 Å². The van der Waals surface area contributed by atoms with Gasteiger partial charge < -0.3 is 14.5 Å². The van der Waals surface area contributed by atoms with Gasteiger partial charge >= 0.3 is 12.0 Å². The van der Waals surface area contributed by atoms with Crippen molar-refractivity contribution in [1.82, 2.24) is 10.6 Å². The van der Waals surface area contributed by atoms with Crippen LogP contribution in [0, 0.1) is 12.8 Å². The topological polar surface area (TPSA) is 115 Å². The number of hydrogen-bond acceptors (Lipinski definition) is 6. The number of hydrogen-bond donors (Lipinski definition) is 2. The summed E-state index contributed by atoms with van der Waals surface area (Å²) in [6.45, 7) is 5.37. The van der Waals surface area contributed by atoms with Crippen molar-refractivity contribution in [3.63, 3.8) is 0 Å². The molecule has 0 saturated heterocycles. The normalized spacial score (nSPS) is 10.6. The molecule has 2 N–H and O–H groups in total. The Bertz CT molecular complexity index is 900. The number of rotatable bonds is 5. The maximum absolute atomic E-state index is 12.1. The van der Waals surface area contributed by atoms with Crippen LogP contribution in [0.1, 0.15) is 30.0 Å². The molecule has 26 heavy (non-hydrogen) atoms. The number of urea groups is 1. The lowest BCUT2D eigenvalue weighted by molar-refractivity contribution is -0.123. The smallest absolute Gasteiger partial charge is 0.374 e. The molecule has 0 fully saturated rings. The zero-order valence-electron chi connectivity index (χ0n) is 14.8. The van der Waals surface area contributed by atoms with Crippen LogP contribution < -0.4 is 16.1 Å². The highest BCUT2D eigenvalue weighted by Crippen LogP contribution is 2.14. The van der Waals surface area contributed by atoms with Crippen molar-refractivity contribution in [1.29, 1.82) is 0 Å². The summed E-state index contributed by atoms with van der Waals surface area (Å²) in [5.41, 5.74) is 0.736. The third-order valence-corrected chi connectivity index (χ3v) is 3.34. The molecule has 0 bridgehead atoms. The number of esters is 1. The van der Waals surface area contributed by atoms with Gasteiger partial charge in [0.25, 0.3) is 5.91 Å². The van der Waals surface area contributed by atoms with Gasteiger partial charge in [0.15, 0.2) is 12.0 Å². The first kappa shape index (κ1) is 19.2. The second-order valence-electron chi connectivity index (χ2n) is 6.20. The summed E-state index contributed by atoms with van der Waals surface area (Å²) in [7, 11) is 0. The Morgan fingerprint density at radius 2 is 1.92 bits per heavy atom. The van der Waals surface area contributed by atoms with Crippen LogP contribution in [-0.2, 0) is 9.53 Å². The molecule has 0 aliphatic heterocycles. The van der Waals surface area contributed by atoms with Crippen molar-refractivity contribution in [3.8, 4) is 0 Å². The summed E-state index contributed by atoms with van der Waals surface area (Å²) in [6, 6.07) is 5.31. The van der Waals surface area contributed by atoms with E-state index in [4.69, 9.17) is 9.15 Å². The highest BCUT2D eigenvalue weighted by molar-refractivity contribution is 5.96. The van der Waals surface area contributed by atoms with E-state index >= 15 is 0 Å². The predicted molar refractivity (Wildman–Crippen MR) is 93.9 cm³/mol. The number of amides is 3. The fourth-order valence-electron chi connectivity index (χ4n) is 2.08. The van der Waals surface area contributed by atoms with E-state index in [1.807, 2.05) is 26.1 Å². The van der Waals surface area contributed by atoms with Crippen LogP contribution >= 0.6 is 0 Å². The number of benzene rings is 1. The monoisotopic (exact) mass is 360 g/mol. The number of aryl methyl sites for hydroxylation is 1. The SMILES string of the molecule is Cc1ccc2oc(C(=O)OCC(=O)NC(=O)NCC(C)C)cc(=O)c2c1. The maximum Gasteiger partial charge on any atom is 0.374 e. The standard InChI is InChI=1S/C18H20N2O6/c1-10(2)8-19-18(24)20-16(22)9-25-17(23)15-7-13(21)12-6-11(3)4-5-14(12)26-15/h4-7,10H,8-9H2,1-3H3,(H2,19,20,22,24). The number of fused-ring (bicyclic) bond motifs is 1. The van der Waals surface area contributed by atoms with Gasteiger partial charge in [0.05, 0.1) is 5.39 Å². The largest absolute Gasteiger partial charge is 0.450 e. The molecule has 1 aromatic carbocycles. The molecule has 0 saturated carbocycles. The molecular weight excluding hydrogens is 340 g/mol. The molecule has 8 heteroatoms. The van der Waals surface area contributed by atoms with E-state index in [2.05, 4.69) is 5.32 Å². The van der Waals surface area contributed by atoms with Gasteiger partial charge in [-0.05, 0) is 25.0 Å². The Labute approximate surface area is 149 Å². The van der Waals surface area contributed by atoms with E-state index in [1.165, 1.54) is 0 Å². The summed E-state index contributed by atoms with van der Waals surface area (Å²) in [6.07, 6.45) is 0. The molecule has 0 spiro atoms. The molecule has 0 radical (unpaired) electrons. The molecule has 0 unspecified atom stereocenters. The predicted octanol–water partition coefficient (Wildman–Crippen LogP) is 1.74. The summed E-state index contributed by atoms with van der Waals surface area (Å²) < 4.78 is 10.1. The number of nitrogens with one attached hydrogen (secondary N) is 2. The number of imide groups is 1. The third kappa shape index (κ3) is 5.17. The molecule has 8 nitrogen and oxygen atoms in total. The number of carbonyl (C=O) groups is 3. The highest BCUT2D eigenvalue weighted by atomic mass is 16.5. The van der Waals surface area contributed by atoms with Crippen molar-refractivity contribution >= 4 is 28.9 Å². The Hall–Kier alpha value is -3.16. The van der Waals surface area contributed by atoms with Crippen LogP contribution in [0.3, 0.4) is 0 Å². The molecule has 2 aromatic rings. The van der Waals surface area contributed by atoms with Gasteiger partial charge in [0.1, 0.15) is 5.58 Å². The second kappa shape index (κ2) is 8.28. The molecule has 138 valence electrons. The summed E-state index contributed by atoms with van der Waals surface area (Å²) in [5.74, 6) is -1.85. The van der Waals surface area contributed by atoms with Crippen molar-refractivity contribution < 1.29 is 23.5 Å². The number of ether oxygens (including phenoxy) is 1. The van der Waals surface area contributed by atoms with E-state index in [-0.39, 0.29) is 22.7 Å². The Morgan fingerprint density at radius 1 is 1.19 bits per heavy atom. The fraction of sp³-hybridized carbons (Fsp3) is 0.333. The molecule has 2 rings (SSSR count). The summed E-state index contributed by atoms with van der Waals surface area (Å²) in [4.78, 5) is 47.1. The van der Waals surface area contributed by atoms with Gasteiger partial charge in [-0.3, -0.25) is 14.9 Å². The molecule has 0 aliphatic rings. The molecular formula is C18H20N2O6. The Morgan fingerprint density at radius 3 is 2.62 bits per heavy atom. The minimum atomic E-state index is -0.970. The lowest BCUT2D eigenvalue weighted by atomic mass is 10.1. The van der Waals surface area contributed by atoms with E-state index in [1.54, 1.807) is 18.2 Å². The van der Waals surface area contributed by atoms with Crippen molar-refractivity contribution in [2.75, 3.05) is 13.2 Å². The van der Waals surface area contributed by atoms with Crippen LogP contribution in [0.5, 0.6) is 0 Å². The first-order valence-electron chi connectivity index (χ1n) is 8.05. The van der Waals surface area contributed by atoms with Gasteiger partial charge in [-0.25, -0.2) is 9.59 Å². The minimum absolute atomic E-state index is 0.230. The van der Waals surface area contributed by atoms with Crippen LogP contribution in [0.15, 0.2) is 33.5 Å². The molecule has 3 amide bonds. The molecule has 1 heterocycles. The van der Waals surface area contributed by atoms with Crippen LogP contribution in [0.25, 0.3) is 11.0 Å². The zero-order chi connectivity index (χ0) is 19.3. The van der Waals surface area contributed by atoms with E-state index in [0.717, 1.165) is 11.6 Å². The van der Waals surface area contributed by atoms with Crippen molar-refractivity contribution in [2.24, 2.45) is 5.92 Å². The van der Waals surface area contributed by atoms with Crippen molar-refractivity contribution in [3.05, 3.63) is 45.8 Å². The molecule has 1 aromatic heterocycles. The average molecular weight is 360 g/mol. The first-order valence-corrected chi connectivity index (χ1v) is 8.05. The maximum atomic E-state index is 12.1. The van der Waals surface area contributed by atoms with Gasteiger partial charge in [0.2, 0.25) is 5.76 Å². The summed E-state index contributed by atoms with van der Waals surface area (Å²) in [5, 5.41) is 4.87.